The minimum Gasteiger partial charge on any atom is -0.368 e. The summed E-state index contributed by atoms with van der Waals surface area (Å²) in [6.07, 6.45) is 0. The van der Waals surface area contributed by atoms with Gasteiger partial charge in [-0.15, -0.1) is 0 Å². The fourth-order valence-corrected chi connectivity index (χ4v) is 0.907. The topological polar surface area (TPSA) is 76.7 Å². The van der Waals surface area contributed by atoms with Crippen molar-refractivity contribution in [1.29, 1.82) is 0 Å². The van der Waals surface area contributed by atoms with Gasteiger partial charge in [0.1, 0.15) is 0 Å². The average molecular weight is 202 g/mol. The molecule has 1 aromatic rings. The highest BCUT2D eigenvalue weighted by Crippen LogP contribution is 2.07. The standard InChI is InChI=1S/C7H12ClN5/c1-4(2)3-10-7-12-5(8)11-6(9)13-7/h4H,3H2,1-2H3,(H3,9,10,11,12,13). The number of halogens is 1. The van der Waals surface area contributed by atoms with E-state index in [1.54, 1.807) is 0 Å². The highest BCUT2D eigenvalue weighted by Gasteiger charge is 2.01. The number of nitrogen functional groups attached to an aromatic ring is 1. The Morgan fingerprint density at radius 1 is 1.38 bits per heavy atom. The summed E-state index contributed by atoms with van der Waals surface area (Å²) < 4.78 is 0. The lowest BCUT2D eigenvalue weighted by Crippen LogP contribution is -2.12. The quantitative estimate of drug-likeness (QED) is 0.768. The zero-order valence-corrected chi connectivity index (χ0v) is 8.34. The molecule has 0 aliphatic carbocycles. The van der Waals surface area contributed by atoms with Crippen molar-refractivity contribution >= 4 is 23.5 Å². The first-order valence-corrected chi connectivity index (χ1v) is 4.36. The summed E-state index contributed by atoms with van der Waals surface area (Å²) in [7, 11) is 0. The van der Waals surface area contributed by atoms with E-state index in [0.29, 0.717) is 11.9 Å². The van der Waals surface area contributed by atoms with Gasteiger partial charge in [0.05, 0.1) is 0 Å². The van der Waals surface area contributed by atoms with Gasteiger partial charge in [0, 0.05) is 6.54 Å². The van der Waals surface area contributed by atoms with Gasteiger partial charge in [0.15, 0.2) is 0 Å². The molecule has 0 amide bonds. The lowest BCUT2D eigenvalue weighted by molar-refractivity contribution is 0.684. The van der Waals surface area contributed by atoms with Crippen LogP contribution in [0.25, 0.3) is 0 Å². The maximum absolute atomic E-state index is 5.58. The zero-order chi connectivity index (χ0) is 9.84. The van der Waals surface area contributed by atoms with E-state index in [9.17, 15) is 0 Å². The highest BCUT2D eigenvalue weighted by molar-refractivity contribution is 6.28. The summed E-state index contributed by atoms with van der Waals surface area (Å²) in [6.45, 7) is 4.94. The zero-order valence-electron chi connectivity index (χ0n) is 7.58. The predicted molar refractivity (Wildman–Crippen MR) is 52.6 cm³/mol. The monoisotopic (exact) mass is 201 g/mol. The van der Waals surface area contributed by atoms with Crippen LogP contribution in [-0.2, 0) is 0 Å². The number of anilines is 2. The SMILES string of the molecule is CC(C)CNc1nc(N)nc(Cl)n1. The molecular formula is C7H12ClN5. The van der Waals surface area contributed by atoms with Gasteiger partial charge in [0.25, 0.3) is 0 Å². The van der Waals surface area contributed by atoms with E-state index in [2.05, 4.69) is 34.1 Å². The van der Waals surface area contributed by atoms with E-state index in [-0.39, 0.29) is 11.2 Å². The van der Waals surface area contributed by atoms with Crippen molar-refractivity contribution in [2.24, 2.45) is 5.92 Å². The summed E-state index contributed by atoms with van der Waals surface area (Å²) in [4.78, 5) is 11.4. The molecule has 6 heteroatoms. The molecule has 0 aliphatic heterocycles. The molecule has 0 radical (unpaired) electrons. The third-order valence-corrected chi connectivity index (χ3v) is 1.46. The van der Waals surface area contributed by atoms with Crippen molar-refractivity contribution in [3.63, 3.8) is 0 Å². The summed E-state index contributed by atoms with van der Waals surface area (Å²) in [5.74, 6) is 1.06. The van der Waals surface area contributed by atoms with Gasteiger partial charge in [-0.3, -0.25) is 0 Å². The molecule has 3 N–H and O–H groups in total. The van der Waals surface area contributed by atoms with Gasteiger partial charge in [-0.25, -0.2) is 0 Å². The van der Waals surface area contributed by atoms with Crippen LogP contribution in [0.4, 0.5) is 11.9 Å². The largest absolute Gasteiger partial charge is 0.368 e. The molecule has 0 saturated carbocycles. The number of aromatic nitrogens is 3. The maximum Gasteiger partial charge on any atom is 0.228 e. The minimum atomic E-state index is 0.110. The first kappa shape index (κ1) is 9.98. The molecule has 1 heterocycles. The molecule has 0 atom stereocenters. The Balaban J connectivity index is 2.66. The lowest BCUT2D eigenvalue weighted by Gasteiger charge is -2.06. The van der Waals surface area contributed by atoms with Crippen LogP contribution < -0.4 is 11.1 Å². The molecule has 1 aromatic heterocycles. The van der Waals surface area contributed by atoms with Gasteiger partial charge in [-0.1, -0.05) is 13.8 Å². The van der Waals surface area contributed by atoms with E-state index in [0.717, 1.165) is 6.54 Å². The second kappa shape index (κ2) is 4.23. The number of nitrogens with one attached hydrogen (secondary N) is 1. The van der Waals surface area contributed by atoms with E-state index in [4.69, 9.17) is 17.3 Å². The number of hydrogen-bond donors (Lipinski definition) is 2. The van der Waals surface area contributed by atoms with Gasteiger partial charge >= 0.3 is 0 Å². The summed E-state index contributed by atoms with van der Waals surface area (Å²) in [5.41, 5.74) is 5.38. The van der Waals surface area contributed by atoms with E-state index >= 15 is 0 Å². The third kappa shape index (κ3) is 3.42. The molecule has 5 nitrogen and oxygen atoms in total. The number of rotatable bonds is 3. The van der Waals surface area contributed by atoms with Gasteiger partial charge < -0.3 is 11.1 Å². The molecule has 0 unspecified atom stereocenters. The van der Waals surface area contributed by atoms with Crippen LogP contribution in [0.1, 0.15) is 13.8 Å². The Bertz CT molecular complexity index is 268. The van der Waals surface area contributed by atoms with Crippen LogP contribution in [0.3, 0.4) is 0 Å². The maximum atomic E-state index is 5.58. The molecule has 72 valence electrons. The minimum absolute atomic E-state index is 0.110. The first-order chi connectivity index (χ1) is 6.08. The molecule has 0 saturated heterocycles. The van der Waals surface area contributed by atoms with Crippen LogP contribution in [0.5, 0.6) is 0 Å². The molecule has 0 fully saturated rings. The Morgan fingerprint density at radius 3 is 2.62 bits per heavy atom. The van der Waals surface area contributed by atoms with Crippen LogP contribution in [-0.4, -0.2) is 21.5 Å². The number of nitrogens with two attached hydrogens (primary N) is 1. The van der Waals surface area contributed by atoms with E-state index in [1.165, 1.54) is 0 Å². The molecule has 0 spiro atoms. The molecular weight excluding hydrogens is 190 g/mol. The van der Waals surface area contributed by atoms with Crippen LogP contribution in [0.2, 0.25) is 5.28 Å². The highest BCUT2D eigenvalue weighted by atomic mass is 35.5. The van der Waals surface area contributed by atoms with Crippen molar-refractivity contribution in [2.75, 3.05) is 17.6 Å². The predicted octanol–water partition coefficient (Wildman–Crippen LogP) is 1.18. The smallest absolute Gasteiger partial charge is 0.228 e. The molecule has 1 rings (SSSR count). The van der Waals surface area contributed by atoms with Crippen molar-refractivity contribution in [2.45, 2.75) is 13.8 Å². The van der Waals surface area contributed by atoms with Gasteiger partial charge in [-0.2, -0.15) is 15.0 Å². The Hall–Kier alpha value is -1.10. The molecule has 13 heavy (non-hydrogen) atoms. The molecule has 0 aromatic carbocycles. The Kier molecular flexibility index (Phi) is 3.25. The molecule has 0 bridgehead atoms. The summed E-state index contributed by atoms with van der Waals surface area (Å²) in [6, 6.07) is 0. The normalized spacial score (nSPS) is 10.5. The number of nitrogens with zero attached hydrogens (tertiary/aromatic N) is 3. The first-order valence-electron chi connectivity index (χ1n) is 3.99. The average Bonchev–Trinajstić information content (AvgIpc) is 1.99. The van der Waals surface area contributed by atoms with Crippen molar-refractivity contribution in [3.8, 4) is 0 Å². The molecule has 0 aliphatic rings. The summed E-state index contributed by atoms with van der Waals surface area (Å²) >= 11 is 5.58. The van der Waals surface area contributed by atoms with Crippen molar-refractivity contribution < 1.29 is 0 Å². The van der Waals surface area contributed by atoms with Gasteiger partial charge in [0.2, 0.25) is 17.2 Å². The number of hydrogen-bond acceptors (Lipinski definition) is 5. The van der Waals surface area contributed by atoms with Crippen LogP contribution >= 0.6 is 11.6 Å². The Morgan fingerprint density at radius 2 is 2.08 bits per heavy atom. The van der Waals surface area contributed by atoms with Crippen molar-refractivity contribution in [1.82, 2.24) is 15.0 Å². The van der Waals surface area contributed by atoms with Crippen molar-refractivity contribution in [3.05, 3.63) is 5.28 Å². The summed E-state index contributed by atoms with van der Waals surface area (Å²) in [5, 5.41) is 3.11. The lowest BCUT2D eigenvalue weighted by atomic mass is 10.2. The fourth-order valence-electron chi connectivity index (χ4n) is 0.740. The van der Waals surface area contributed by atoms with Crippen LogP contribution in [0, 0.1) is 5.92 Å². The fraction of sp³-hybridized carbons (Fsp3) is 0.571. The van der Waals surface area contributed by atoms with E-state index < -0.39 is 0 Å². The Labute approximate surface area is 81.7 Å². The third-order valence-electron chi connectivity index (χ3n) is 1.29. The second-order valence-corrected chi connectivity index (χ2v) is 3.40. The van der Waals surface area contributed by atoms with E-state index in [1.807, 2.05) is 0 Å². The van der Waals surface area contributed by atoms with Crippen LogP contribution in [0.15, 0.2) is 0 Å². The van der Waals surface area contributed by atoms with Gasteiger partial charge in [-0.05, 0) is 17.5 Å². The second-order valence-electron chi connectivity index (χ2n) is 3.06.